The lowest BCUT2D eigenvalue weighted by molar-refractivity contribution is -0.0884. The number of nitrogens with two attached hydrogens (primary N) is 2. The molecule has 32 heavy (non-hydrogen) atoms. The van der Waals surface area contributed by atoms with Crippen molar-refractivity contribution >= 4 is 6.21 Å². The lowest BCUT2D eigenvalue weighted by atomic mass is 9.97. The topological polar surface area (TPSA) is 64.4 Å². The van der Waals surface area contributed by atoms with Crippen molar-refractivity contribution in [1.82, 2.24) is 0 Å². The van der Waals surface area contributed by atoms with Crippen LogP contribution in [0.3, 0.4) is 0 Å². The first kappa shape index (κ1) is 27.3. The van der Waals surface area contributed by atoms with Gasteiger partial charge < -0.3 is 11.5 Å². The van der Waals surface area contributed by atoms with Gasteiger partial charge in [0.15, 0.2) is 0 Å². The first-order valence-corrected chi connectivity index (χ1v) is 10.4. The number of rotatable bonds is 6. The molecule has 1 aromatic rings. The number of hydrogen-bond donors (Lipinski definition) is 2. The summed E-state index contributed by atoms with van der Waals surface area (Å²) in [6, 6.07) is 6.16. The minimum absolute atomic E-state index is 0.192. The van der Waals surface area contributed by atoms with Gasteiger partial charge in [0.1, 0.15) is 11.6 Å². The number of benzene rings is 1. The van der Waals surface area contributed by atoms with Crippen LogP contribution >= 0.6 is 0 Å². The standard InChI is InChI=1S/C17H22F4N2.C7H8FN/c1-3-7-13(17(19,20)21)10-16(14(18)4-2)23-11-12-8-5-6-9-15(12)22;8-7-3-1-6(5-9)2-4-7/h4,7,10-11H,3,5-6,8-9,22H2,1-2H3;1-4H,5,9H2/b13-7-,14-4+,16-10+,23-11?;. The molecule has 2 rings (SSSR count). The summed E-state index contributed by atoms with van der Waals surface area (Å²) in [5.74, 6) is -1.02. The van der Waals surface area contributed by atoms with E-state index in [4.69, 9.17) is 11.5 Å². The summed E-state index contributed by atoms with van der Waals surface area (Å²) in [5, 5.41) is 0. The zero-order valence-electron chi connectivity index (χ0n) is 18.4. The molecule has 1 aliphatic carbocycles. The van der Waals surface area contributed by atoms with Gasteiger partial charge in [-0.05, 0) is 74.4 Å². The number of nitrogens with zero attached hydrogens (tertiary/aromatic N) is 1. The summed E-state index contributed by atoms with van der Waals surface area (Å²) in [4.78, 5) is 3.92. The summed E-state index contributed by atoms with van der Waals surface area (Å²) in [6.45, 7) is 3.46. The van der Waals surface area contributed by atoms with Gasteiger partial charge in [-0.25, -0.2) is 8.78 Å². The molecule has 0 aliphatic heterocycles. The SMILES string of the molecule is C\C=C(F)/C(=C\C(=C\CC)C(F)(F)F)N=CC1=C(N)CCCC1.NCc1ccc(F)cc1. The van der Waals surface area contributed by atoms with Gasteiger partial charge in [-0.2, -0.15) is 13.2 Å². The molecule has 0 bridgehead atoms. The van der Waals surface area contributed by atoms with Crippen LogP contribution in [0.5, 0.6) is 0 Å². The molecular weight excluding hydrogens is 425 g/mol. The van der Waals surface area contributed by atoms with E-state index in [-0.39, 0.29) is 17.9 Å². The Hall–Kier alpha value is -2.74. The molecule has 4 N–H and O–H groups in total. The highest BCUT2D eigenvalue weighted by molar-refractivity contribution is 5.81. The van der Waals surface area contributed by atoms with Crippen LogP contribution in [0.25, 0.3) is 0 Å². The highest BCUT2D eigenvalue weighted by Crippen LogP contribution is 2.30. The van der Waals surface area contributed by atoms with E-state index in [1.807, 2.05) is 0 Å². The summed E-state index contributed by atoms with van der Waals surface area (Å²) in [7, 11) is 0. The van der Waals surface area contributed by atoms with Crippen molar-refractivity contribution in [3.05, 3.63) is 82.2 Å². The first-order chi connectivity index (χ1) is 15.1. The highest BCUT2D eigenvalue weighted by atomic mass is 19.4. The molecule has 1 aliphatic rings. The molecule has 0 amide bonds. The van der Waals surface area contributed by atoms with Gasteiger partial charge in [0.25, 0.3) is 0 Å². The molecule has 0 heterocycles. The smallest absolute Gasteiger partial charge is 0.402 e. The third kappa shape index (κ3) is 9.60. The summed E-state index contributed by atoms with van der Waals surface area (Å²) < 4.78 is 64.9. The van der Waals surface area contributed by atoms with Crippen LogP contribution in [0.4, 0.5) is 22.0 Å². The lowest BCUT2D eigenvalue weighted by Gasteiger charge is -2.14. The number of alkyl halides is 3. The molecule has 0 fully saturated rings. The summed E-state index contributed by atoms with van der Waals surface area (Å²) in [6.07, 6.45) is 3.20. The van der Waals surface area contributed by atoms with Crippen LogP contribution in [-0.2, 0) is 6.54 Å². The highest BCUT2D eigenvalue weighted by Gasteiger charge is 2.32. The predicted octanol–water partition coefficient (Wildman–Crippen LogP) is 6.78. The molecule has 0 unspecified atom stereocenters. The summed E-state index contributed by atoms with van der Waals surface area (Å²) >= 11 is 0. The Kier molecular flexibility index (Phi) is 11.6. The molecule has 3 nitrogen and oxygen atoms in total. The Bertz CT molecular complexity index is 876. The second-order valence-electron chi connectivity index (χ2n) is 7.08. The molecule has 0 spiro atoms. The van der Waals surface area contributed by atoms with Gasteiger partial charge in [-0.1, -0.05) is 25.1 Å². The van der Waals surface area contributed by atoms with Crippen LogP contribution in [0.2, 0.25) is 0 Å². The van der Waals surface area contributed by atoms with Crippen molar-refractivity contribution in [2.45, 2.75) is 58.7 Å². The fraction of sp³-hybridized carbons (Fsp3) is 0.375. The third-order valence-electron chi connectivity index (χ3n) is 4.60. The van der Waals surface area contributed by atoms with E-state index < -0.39 is 17.6 Å². The number of hydrogen-bond acceptors (Lipinski definition) is 3. The second-order valence-corrected chi connectivity index (χ2v) is 7.08. The average molecular weight is 456 g/mol. The fourth-order valence-corrected chi connectivity index (χ4v) is 2.81. The van der Waals surface area contributed by atoms with Crippen molar-refractivity contribution in [2.75, 3.05) is 0 Å². The Morgan fingerprint density at radius 2 is 1.75 bits per heavy atom. The molecule has 0 aromatic heterocycles. The second kappa shape index (κ2) is 13.6. The minimum atomic E-state index is -4.55. The molecule has 0 atom stereocenters. The molecule has 1 aromatic carbocycles. The largest absolute Gasteiger partial charge is 0.416 e. The zero-order valence-corrected chi connectivity index (χ0v) is 18.4. The van der Waals surface area contributed by atoms with Crippen LogP contribution in [0.1, 0.15) is 51.5 Å². The van der Waals surface area contributed by atoms with Crippen LogP contribution in [-0.4, -0.2) is 12.4 Å². The van der Waals surface area contributed by atoms with Gasteiger partial charge in [-0.15, -0.1) is 0 Å². The van der Waals surface area contributed by atoms with Gasteiger partial charge in [-0.3, -0.25) is 4.99 Å². The van der Waals surface area contributed by atoms with Crippen LogP contribution in [0.15, 0.2) is 75.9 Å². The van der Waals surface area contributed by atoms with Crippen molar-refractivity contribution in [3.8, 4) is 0 Å². The predicted molar refractivity (Wildman–Crippen MR) is 120 cm³/mol. The molecule has 0 saturated carbocycles. The number of halogens is 5. The quantitative estimate of drug-likeness (QED) is 0.282. The molecule has 176 valence electrons. The first-order valence-electron chi connectivity index (χ1n) is 10.4. The minimum Gasteiger partial charge on any atom is -0.402 e. The zero-order chi connectivity index (χ0) is 24.1. The molecule has 0 radical (unpaired) electrons. The van der Waals surface area contributed by atoms with E-state index in [1.54, 1.807) is 19.1 Å². The van der Waals surface area contributed by atoms with Crippen LogP contribution < -0.4 is 11.5 Å². The van der Waals surface area contributed by atoms with Gasteiger partial charge in [0, 0.05) is 18.5 Å². The summed E-state index contributed by atoms with van der Waals surface area (Å²) in [5.41, 5.74) is 12.3. The Morgan fingerprint density at radius 3 is 2.25 bits per heavy atom. The van der Waals surface area contributed by atoms with E-state index in [0.29, 0.717) is 18.7 Å². The van der Waals surface area contributed by atoms with E-state index in [2.05, 4.69) is 4.99 Å². The van der Waals surface area contributed by atoms with Crippen molar-refractivity contribution in [3.63, 3.8) is 0 Å². The van der Waals surface area contributed by atoms with Crippen molar-refractivity contribution < 1.29 is 22.0 Å². The van der Waals surface area contributed by atoms with E-state index in [0.717, 1.165) is 48.6 Å². The molecular formula is C24H30F5N3. The van der Waals surface area contributed by atoms with Gasteiger partial charge in [0.2, 0.25) is 0 Å². The normalized spacial score (nSPS) is 16.3. The average Bonchev–Trinajstić information content (AvgIpc) is 2.76. The van der Waals surface area contributed by atoms with Crippen LogP contribution in [0, 0.1) is 5.82 Å². The Labute approximate surface area is 186 Å². The maximum atomic E-state index is 13.9. The number of allylic oxidation sites excluding steroid dienone is 7. The lowest BCUT2D eigenvalue weighted by Crippen LogP contribution is -2.11. The van der Waals surface area contributed by atoms with Gasteiger partial charge in [0.05, 0.1) is 11.3 Å². The van der Waals surface area contributed by atoms with E-state index in [1.165, 1.54) is 25.3 Å². The fourth-order valence-electron chi connectivity index (χ4n) is 2.81. The molecule has 0 saturated heterocycles. The van der Waals surface area contributed by atoms with Crippen molar-refractivity contribution in [1.29, 1.82) is 0 Å². The van der Waals surface area contributed by atoms with Gasteiger partial charge >= 0.3 is 6.18 Å². The maximum Gasteiger partial charge on any atom is 0.416 e. The maximum absolute atomic E-state index is 13.9. The monoisotopic (exact) mass is 455 g/mol. The Balaban J connectivity index is 0.000000471. The van der Waals surface area contributed by atoms with E-state index in [9.17, 15) is 22.0 Å². The van der Waals surface area contributed by atoms with E-state index >= 15 is 0 Å². The molecule has 8 heteroatoms. The number of aliphatic imine (C=N–C) groups is 1. The third-order valence-corrected chi connectivity index (χ3v) is 4.60. The Morgan fingerprint density at radius 1 is 1.12 bits per heavy atom. The van der Waals surface area contributed by atoms with Crippen molar-refractivity contribution in [2.24, 2.45) is 16.5 Å².